The molecule has 2 N–H and O–H groups in total. The first-order valence-corrected chi connectivity index (χ1v) is 8.34. The van der Waals surface area contributed by atoms with Gasteiger partial charge in [0.15, 0.2) is 11.5 Å². The number of benzene rings is 1. The van der Waals surface area contributed by atoms with Gasteiger partial charge in [0, 0.05) is 12.6 Å². The molecule has 1 saturated heterocycles. The summed E-state index contributed by atoms with van der Waals surface area (Å²) in [6.07, 6.45) is 1.22. The van der Waals surface area contributed by atoms with Crippen molar-refractivity contribution in [2.45, 2.75) is 12.5 Å². The van der Waals surface area contributed by atoms with Crippen LogP contribution in [0.2, 0.25) is 0 Å². The van der Waals surface area contributed by atoms with Crippen molar-refractivity contribution in [2.75, 3.05) is 39.3 Å². The molecule has 0 radical (unpaired) electrons. The number of aliphatic hydroxyl groups excluding tert-OH is 1. The van der Waals surface area contributed by atoms with Crippen LogP contribution in [0.1, 0.15) is 16.8 Å². The molecule has 0 spiro atoms. The minimum Gasteiger partial charge on any atom is -0.493 e. The first-order chi connectivity index (χ1) is 12.9. The topological polar surface area (TPSA) is 97.3 Å². The van der Waals surface area contributed by atoms with E-state index in [4.69, 9.17) is 14.2 Å². The summed E-state index contributed by atoms with van der Waals surface area (Å²) in [5.74, 6) is 0.315. The van der Waals surface area contributed by atoms with Crippen LogP contribution in [-0.4, -0.2) is 62.0 Å². The minimum absolute atomic E-state index is 0.0287. The van der Waals surface area contributed by atoms with Gasteiger partial charge in [-0.25, -0.2) is 4.79 Å². The summed E-state index contributed by atoms with van der Waals surface area (Å²) >= 11 is 0. The molecule has 1 atom stereocenters. The third kappa shape index (κ3) is 4.59. The lowest BCUT2D eigenvalue weighted by Crippen LogP contribution is -2.38. The molecular formula is C19H24N2O6. The molecule has 8 nitrogen and oxygen atoms in total. The van der Waals surface area contributed by atoms with E-state index in [0.29, 0.717) is 24.5 Å². The summed E-state index contributed by atoms with van der Waals surface area (Å²) in [5.41, 5.74) is 1.25. The maximum Gasteiger partial charge on any atom is 0.411 e. The van der Waals surface area contributed by atoms with Crippen molar-refractivity contribution in [3.05, 3.63) is 42.5 Å². The maximum absolute atomic E-state index is 13.1. The van der Waals surface area contributed by atoms with E-state index in [9.17, 15) is 14.7 Å². The zero-order chi connectivity index (χ0) is 20.0. The molecule has 0 saturated carbocycles. The van der Waals surface area contributed by atoms with Crippen molar-refractivity contribution in [3.8, 4) is 11.5 Å². The van der Waals surface area contributed by atoms with Crippen LogP contribution in [0.4, 0.5) is 10.5 Å². The van der Waals surface area contributed by atoms with Crippen LogP contribution in [0, 0.1) is 0 Å². The maximum atomic E-state index is 13.1. The van der Waals surface area contributed by atoms with Crippen LogP contribution in [0.15, 0.2) is 36.9 Å². The highest BCUT2D eigenvalue weighted by Crippen LogP contribution is 2.35. The average Bonchev–Trinajstić information content (AvgIpc) is 3.06. The number of amides is 2. The van der Waals surface area contributed by atoms with Crippen molar-refractivity contribution in [1.29, 1.82) is 0 Å². The van der Waals surface area contributed by atoms with E-state index in [2.05, 4.69) is 18.5 Å². The molecule has 1 aromatic rings. The molecule has 0 aliphatic carbocycles. The van der Waals surface area contributed by atoms with Gasteiger partial charge in [-0.1, -0.05) is 24.8 Å². The normalized spacial score (nSPS) is 16.0. The van der Waals surface area contributed by atoms with Gasteiger partial charge >= 0.3 is 6.09 Å². The number of hydrogen-bond donors (Lipinski definition) is 2. The number of aliphatic hydroxyl groups is 1. The Labute approximate surface area is 158 Å². The van der Waals surface area contributed by atoms with Gasteiger partial charge in [0.05, 0.1) is 38.1 Å². The fourth-order valence-electron chi connectivity index (χ4n) is 2.87. The first kappa shape index (κ1) is 20.3. The summed E-state index contributed by atoms with van der Waals surface area (Å²) in [7, 11) is 2.90. The van der Waals surface area contributed by atoms with E-state index in [1.54, 1.807) is 0 Å². The van der Waals surface area contributed by atoms with Gasteiger partial charge in [0.1, 0.15) is 6.61 Å². The molecule has 2 rings (SSSR count). The molecule has 1 heterocycles. The number of methoxy groups -OCH3 is 2. The number of nitrogens with one attached hydrogen (secondary N) is 1. The fraction of sp³-hybridized carbons (Fsp3) is 0.368. The minimum atomic E-state index is -0.735. The van der Waals surface area contributed by atoms with Crippen LogP contribution < -0.4 is 14.8 Å². The molecule has 0 aromatic heterocycles. The lowest BCUT2D eigenvalue weighted by atomic mass is 10.1. The molecule has 0 unspecified atom stereocenters. The second-order valence-corrected chi connectivity index (χ2v) is 5.99. The average molecular weight is 376 g/mol. The summed E-state index contributed by atoms with van der Waals surface area (Å²) in [5, 5.41) is 12.1. The summed E-state index contributed by atoms with van der Waals surface area (Å²) in [4.78, 5) is 26.6. The molecule has 146 valence electrons. The standard InChI is InChI=1S/C19H24N2O6/c1-5-6-27-19(24)20-15-9-17(26-4)16(25-3)8-14(15)18(23)21-10-12(2)7-13(21)11-22/h5,8-9,13,22H,1-2,6-7,10-11H2,3-4H3,(H,20,24)/t13-/m0/s1. The number of rotatable bonds is 7. The Balaban J connectivity index is 2.42. The lowest BCUT2D eigenvalue weighted by molar-refractivity contribution is 0.0680. The number of likely N-dealkylation sites (tertiary alicyclic amines) is 1. The van der Waals surface area contributed by atoms with Gasteiger partial charge in [-0.2, -0.15) is 0 Å². The third-order valence-corrected chi connectivity index (χ3v) is 4.15. The highest BCUT2D eigenvalue weighted by atomic mass is 16.5. The SMILES string of the molecule is C=CCOC(=O)Nc1cc(OC)c(OC)cc1C(=O)N1CC(=C)C[C@H]1CO. The Hall–Kier alpha value is -3.00. The third-order valence-electron chi connectivity index (χ3n) is 4.15. The second-order valence-electron chi connectivity index (χ2n) is 5.99. The van der Waals surface area contributed by atoms with Crippen LogP contribution in [0.5, 0.6) is 11.5 Å². The monoisotopic (exact) mass is 376 g/mol. The Morgan fingerprint density at radius 3 is 2.59 bits per heavy atom. The van der Waals surface area contributed by atoms with E-state index in [1.165, 1.54) is 37.3 Å². The van der Waals surface area contributed by atoms with Crippen molar-refractivity contribution < 1.29 is 28.9 Å². The highest BCUT2D eigenvalue weighted by molar-refractivity contribution is 6.04. The van der Waals surface area contributed by atoms with Crippen LogP contribution in [0.3, 0.4) is 0 Å². The van der Waals surface area contributed by atoms with Crippen molar-refractivity contribution >= 4 is 17.7 Å². The zero-order valence-corrected chi connectivity index (χ0v) is 15.5. The van der Waals surface area contributed by atoms with E-state index >= 15 is 0 Å². The molecule has 8 heteroatoms. The van der Waals surface area contributed by atoms with E-state index < -0.39 is 6.09 Å². The van der Waals surface area contributed by atoms with E-state index in [1.807, 2.05) is 0 Å². The summed E-state index contributed by atoms with van der Waals surface area (Å²) in [6.45, 7) is 7.56. The largest absolute Gasteiger partial charge is 0.493 e. The Morgan fingerprint density at radius 2 is 2.00 bits per heavy atom. The molecule has 27 heavy (non-hydrogen) atoms. The van der Waals surface area contributed by atoms with Gasteiger partial charge in [-0.3, -0.25) is 10.1 Å². The van der Waals surface area contributed by atoms with Crippen LogP contribution in [0.25, 0.3) is 0 Å². The quantitative estimate of drug-likeness (QED) is 0.708. The van der Waals surface area contributed by atoms with E-state index in [0.717, 1.165) is 5.57 Å². The van der Waals surface area contributed by atoms with Crippen molar-refractivity contribution in [2.24, 2.45) is 0 Å². The highest BCUT2D eigenvalue weighted by Gasteiger charge is 2.33. The molecule has 1 aliphatic heterocycles. The van der Waals surface area contributed by atoms with Gasteiger partial charge in [-0.15, -0.1) is 0 Å². The van der Waals surface area contributed by atoms with Gasteiger partial charge in [0.2, 0.25) is 0 Å². The van der Waals surface area contributed by atoms with E-state index in [-0.39, 0.29) is 36.4 Å². The molecule has 2 amide bonds. The lowest BCUT2D eigenvalue weighted by Gasteiger charge is -2.24. The Morgan fingerprint density at radius 1 is 1.33 bits per heavy atom. The Kier molecular flexibility index (Phi) is 6.84. The number of hydrogen-bond acceptors (Lipinski definition) is 6. The second kappa shape index (κ2) is 9.09. The number of nitrogens with zero attached hydrogens (tertiary/aromatic N) is 1. The van der Waals surface area contributed by atoms with Crippen molar-refractivity contribution in [1.82, 2.24) is 4.90 Å². The number of carbonyl (C=O) groups excluding carboxylic acids is 2. The first-order valence-electron chi connectivity index (χ1n) is 8.34. The summed E-state index contributed by atoms with van der Waals surface area (Å²) in [6, 6.07) is 2.61. The molecule has 1 aliphatic rings. The smallest absolute Gasteiger partial charge is 0.411 e. The van der Waals surface area contributed by atoms with Crippen LogP contribution >= 0.6 is 0 Å². The van der Waals surface area contributed by atoms with Gasteiger partial charge in [-0.05, 0) is 12.5 Å². The fourth-order valence-corrected chi connectivity index (χ4v) is 2.87. The van der Waals surface area contributed by atoms with Gasteiger partial charge in [0.25, 0.3) is 5.91 Å². The summed E-state index contributed by atoms with van der Waals surface area (Å²) < 4.78 is 15.4. The molecule has 1 aromatic carbocycles. The molecule has 1 fully saturated rings. The molecule has 0 bridgehead atoms. The zero-order valence-electron chi connectivity index (χ0n) is 15.5. The van der Waals surface area contributed by atoms with Crippen LogP contribution in [-0.2, 0) is 4.74 Å². The molecular weight excluding hydrogens is 352 g/mol. The number of carbonyl (C=O) groups is 2. The van der Waals surface area contributed by atoms with Crippen molar-refractivity contribution in [3.63, 3.8) is 0 Å². The van der Waals surface area contributed by atoms with Gasteiger partial charge < -0.3 is 24.2 Å². The predicted octanol–water partition coefficient (Wildman–Crippen LogP) is 2.20. The predicted molar refractivity (Wildman–Crippen MR) is 100 cm³/mol. The Bertz CT molecular complexity index is 746. The number of ether oxygens (including phenoxy) is 3. The number of anilines is 1.